The molecule has 5 nitrogen and oxygen atoms in total. The van der Waals surface area contributed by atoms with Crippen LogP contribution in [0.1, 0.15) is 26.2 Å². The molecule has 2 unspecified atom stereocenters. The maximum absolute atomic E-state index is 11.7. The molecule has 0 aromatic carbocycles. The zero-order valence-electron chi connectivity index (χ0n) is 10.9. The van der Waals surface area contributed by atoms with Crippen molar-refractivity contribution >= 4 is 23.6 Å². The van der Waals surface area contributed by atoms with E-state index in [1.165, 1.54) is 11.8 Å². The Morgan fingerprint density at radius 1 is 1.56 bits per heavy atom. The summed E-state index contributed by atoms with van der Waals surface area (Å²) in [5.41, 5.74) is -0.813. The summed E-state index contributed by atoms with van der Waals surface area (Å²) in [6.07, 6.45) is 2.23. The summed E-state index contributed by atoms with van der Waals surface area (Å²) in [5.74, 6) is 0.216. The predicted octanol–water partition coefficient (Wildman–Crippen LogP) is 1.13. The number of methoxy groups -OCH3 is 1. The van der Waals surface area contributed by atoms with Crippen molar-refractivity contribution in [2.45, 2.75) is 32.2 Å². The molecule has 0 saturated heterocycles. The molecular weight excluding hydrogens is 254 g/mol. The van der Waals surface area contributed by atoms with Gasteiger partial charge >= 0.3 is 5.97 Å². The lowest BCUT2D eigenvalue weighted by molar-refractivity contribution is -0.149. The molecular formula is C12H21NO4S. The molecule has 1 saturated carbocycles. The van der Waals surface area contributed by atoms with E-state index in [0.717, 1.165) is 18.6 Å². The van der Waals surface area contributed by atoms with Crippen molar-refractivity contribution in [3.63, 3.8) is 0 Å². The van der Waals surface area contributed by atoms with E-state index < -0.39 is 11.4 Å². The maximum Gasteiger partial charge on any atom is 0.311 e. The van der Waals surface area contributed by atoms with Gasteiger partial charge in [0.05, 0.1) is 17.8 Å². The van der Waals surface area contributed by atoms with E-state index in [4.69, 9.17) is 4.74 Å². The first kappa shape index (κ1) is 15.3. The first-order chi connectivity index (χ1) is 8.50. The quantitative estimate of drug-likeness (QED) is 0.681. The third-order valence-electron chi connectivity index (χ3n) is 3.45. The Labute approximate surface area is 112 Å². The van der Waals surface area contributed by atoms with Crippen LogP contribution in [0.25, 0.3) is 0 Å². The van der Waals surface area contributed by atoms with Crippen LogP contribution < -0.4 is 5.32 Å². The Bertz CT molecular complexity index is 310. The number of hydrogen-bond donors (Lipinski definition) is 2. The highest BCUT2D eigenvalue weighted by Crippen LogP contribution is 2.38. The van der Waals surface area contributed by atoms with Crippen molar-refractivity contribution in [1.82, 2.24) is 5.32 Å². The highest BCUT2D eigenvalue weighted by molar-refractivity contribution is 7.99. The SMILES string of the molecule is COCCSCC(=O)NC1CCCC1(C)C(=O)O. The number of nitrogens with one attached hydrogen (secondary N) is 1. The van der Waals surface area contributed by atoms with Gasteiger partial charge in [-0.2, -0.15) is 0 Å². The van der Waals surface area contributed by atoms with Gasteiger partial charge in [-0.25, -0.2) is 0 Å². The van der Waals surface area contributed by atoms with Crippen LogP contribution in [0.15, 0.2) is 0 Å². The van der Waals surface area contributed by atoms with Crippen LogP contribution in [0, 0.1) is 5.41 Å². The van der Waals surface area contributed by atoms with Gasteiger partial charge in [0.1, 0.15) is 0 Å². The Morgan fingerprint density at radius 3 is 2.89 bits per heavy atom. The van der Waals surface area contributed by atoms with Crippen LogP contribution in [0.3, 0.4) is 0 Å². The van der Waals surface area contributed by atoms with Crippen molar-refractivity contribution < 1.29 is 19.4 Å². The number of thioether (sulfide) groups is 1. The average Bonchev–Trinajstić information content (AvgIpc) is 2.68. The minimum absolute atomic E-state index is 0.0875. The Hall–Kier alpha value is -0.750. The second-order valence-corrected chi connectivity index (χ2v) is 5.89. The number of ether oxygens (including phenoxy) is 1. The fraction of sp³-hybridized carbons (Fsp3) is 0.833. The third kappa shape index (κ3) is 3.88. The van der Waals surface area contributed by atoms with E-state index >= 15 is 0 Å². The van der Waals surface area contributed by atoms with Crippen LogP contribution in [-0.2, 0) is 14.3 Å². The standard InChI is InChI=1S/C12H21NO4S/c1-12(11(15)16)5-3-4-9(12)13-10(14)8-18-7-6-17-2/h9H,3-8H2,1-2H3,(H,13,14)(H,15,16). The van der Waals surface area contributed by atoms with E-state index in [9.17, 15) is 14.7 Å². The Balaban J connectivity index is 2.37. The molecule has 0 heterocycles. The second kappa shape index (κ2) is 6.99. The Morgan fingerprint density at radius 2 is 2.28 bits per heavy atom. The molecule has 0 aromatic rings. The molecule has 0 aliphatic heterocycles. The number of hydrogen-bond acceptors (Lipinski definition) is 4. The van der Waals surface area contributed by atoms with Crippen molar-refractivity contribution in [3.8, 4) is 0 Å². The zero-order valence-corrected chi connectivity index (χ0v) is 11.7. The Kier molecular flexibility index (Phi) is 5.95. The molecule has 1 rings (SSSR count). The maximum atomic E-state index is 11.7. The van der Waals surface area contributed by atoms with E-state index in [1.54, 1.807) is 14.0 Å². The molecule has 6 heteroatoms. The minimum atomic E-state index is -0.822. The number of carboxylic acids is 1. The molecule has 0 bridgehead atoms. The van der Waals surface area contributed by atoms with E-state index in [2.05, 4.69) is 5.32 Å². The molecule has 2 N–H and O–H groups in total. The van der Waals surface area contributed by atoms with Gasteiger partial charge in [0.2, 0.25) is 5.91 Å². The topological polar surface area (TPSA) is 75.6 Å². The van der Waals surface area contributed by atoms with Crippen LogP contribution >= 0.6 is 11.8 Å². The summed E-state index contributed by atoms with van der Waals surface area (Å²) in [4.78, 5) is 22.9. The van der Waals surface area contributed by atoms with Gasteiger partial charge < -0.3 is 15.2 Å². The fourth-order valence-corrected chi connectivity index (χ4v) is 2.89. The number of carboxylic acid groups (broad SMARTS) is 1. The van der Waals surface area contributed by atoms with Crippen LogP contribution in [0.5, 0.6) is 0 Å². The molecule has 104 valence electrons. The van der Waals surface area contributed by atoms with Gasteiger partial charge in [-0.3, -0.25) is 9.59 Å². The van der Waals surface area contributed by atoms with Crippen LogP contribution in [-0.4, -0.2) is 48.2 Å². The monoisotopic (exact) mass is 275 g/mol. The number of rotatable bonds is 7. The van der Waals surface area contributed by atoms with Gasteiger partial charge in [0, 0.05) is 18.9 Å². The summed E-state index contributed by atoms with van der Waals surface area (Å²) < 4.78 is 4.89. The van der Waals surface area contributed by atoms with Gasteiger partial charge in [0.15, 0.2) is 0 Å². The largest absolute Gasteiger partial charge is 0.481 e. The van der Waals surface area contributed by atoms with E-state index in [1.807, 2.05) is 0 Å². The summed E-state index contributed by atoms with van der Waals surface area (Å²) in [7, 11) is 1.62. The normalized spacial score (nSPS) is 27.1. The average molecular weight is 275 g/mol. The fourth-order valence-electron chi connectivity index (χ4n) is 2.20. The number of amides is 1. The van der Waals surface area contributed by atoms with Gasteiger partial charge in [-0.1, -0.05) is 6.42 Å². The summed E-state index contributed by atoms with van der Waals surface area (Å²) in [5, 5.41) is 12.1. The molecule has 18 heavy (non-hydrogen) atoms. The first-order valence-electron chi connectivity index (χ1n) is 6.10. The van der Waals surface area contributed by atoms with E-state index in [-0.39, 0.29) is 11.9 Å². The summed E-state index contributed by atoms with van der Waals surface area (Å²) >= 11 is 1.49. The van der Waals surface area contributed by atoms with E-state index in [0.29, 0.717) is 18.8 Å². The first-order valence-corrected chi connectivity index (χ1v) is 7.25. The lowest BCUT2D eigenvalue weighted by Crippen LogP contribution is -2.47. The molecule has 1 aliphatic carbocycles. The highest BCUT2D eigenvalue weighted by Gasteiger charge is 2.45. The minimum Gasteiger partial charge on any atom is -0.481 e. The summed E-state index contributed by atoms with van der Waals surface area (Å²) in [6, 6.07) is -0.245. The molecule has 2 atom stereocenters. The molecule has 1 aliphatic rings. The molecule has 0 spiro atoms. The highest BCUT2D eigenvalue weighted by atomic mass is 32.2. The van der Waals surface area contributed by atoms with Gasteiger partial charge in [-0.15, -0.1) is 11.8 Å². The zero-order chi connectivity index (χ0) is 13.6. The lowest BCUT2D eigenvalue weighted by Gasteiger charge is -2.27. The van der Waals surface area contributed by atoms with Gasteiger partial charge in [0.25, 0.3) is 0 Å². The summed E-state index contributed by atoms with van der Waals surface area (Å²) in [6.45, 7) is 2.33. The molecule has 0 radical (unpaired) electrons. The van der Waals surface area contributed by atoms with Crippen molar-refractivity contribution in [2.75, 3.05) is 25.2 Å². The lowest BCUT2D eigenvalue weighted by atomic mass is 9.85. The third-order valence-corrected chi connectivity index (χ3v) is 4.37. The van der Waals surface area contributed by atoms with Crippen LogP contribution in [0.2, 0.25) is 0 Å². The predicted molar refractivity (Wildman–Crippen MR) is 70.7 cm³/mol. The van der Waals surface area contributed by atoms with Crippen LogP contribution in [0.4, 0.5) is 0 Å². The van der Waals surface area contributed by atoms with Crippen molar-refractivity contribution in [3.05, 3.63) is 0 Å². The number of aliphatic carboxylic acids is 1. The smallest absolute Gasteiger partial charge is 0.311 e. The second-order valence-electron chi connectivity index (χ2n) is 4.78. The number of carbonyl (C=O) groups is 2. The van der Waals surface area contributed by atoms with Gasteiger partial charge in [-0.05, 0) is 19.8 Å². The molecule has 1 amide bonds. The van der Waals surface area contributed by atoms with Crippen molar-refractivity contribution in [2.24, 2.45) is 5.41 Å². The molecule has 0 aromatic heterocycles. The molecule has 1 fully saturated rings. The van der Waals surface area contributed by atoms with Crippen molar-refractivity contribution in [1.29, 1.82) is 0 Å². The number of carbonyl (C=O) groups excluding carboxylic acids is 1.